The summed E-state index contributed by atoms with van der Waals surface area (Å²) >= 11 is 1.55. The van der Waals surface area contributed by atoms with Crippen LogP contribution in [-0.2, 0) is 13.6 Å². The molecule has 9 heteroatoms. The topological polar surface area (TPSA) is 96.4 Å². The number of nitrogens with zero attached hydrogens (tertiary/aromatic N) is 2. The number of ether oxygens (including phenoxy) is 1. The molecule has 0 aliphatic carbocycles. The van der Waals surface area contributed by atoms with Gasteiger partial charge in [0.05, 0.1) is 7.11 Å². The van der Waals surface area contributed by atoms with E-state index in [4.69, 9.17) is 15.9 Å². The number of carbonyl (C=O) groups excluding carboxylic acids is 1. The Morgan fingerprint density at radius 1 is 1.47 bits per heavy atom. The first-order chi connectivity index (χ1) is 14.3. The van der Waals surface area contributed by atoms with Crippen LogP contribution in [0.2, 0.25) is 0 Å². The number of benzene rings is 1. The Morgan fingerprint density at radius 2 is 2.23 bits per heavy atom. The second-order valence-corrected chi connectivity index (χ2v) is 8.18. The van der Waals surface area contributed by atoms with Gasteiger partial charge in [-0.05, 0) is 37.1 Å². The van der Waals surface area contributed by atoms with Crippen LogP contribution >= 0.6 is 11.9 Å². The lowest BCUT2D eigenvalue weighted by atomic mass is 10.1. The molecule has 0 radical (unpaired) electrons. The third-order valence-electron chi connectivity index (χ3n) is 5.23. The molecule has 30 heavy (non-hydrogen) atoms. The van der Waals surface area contributed by atoms with Crippen LogP contribution in [0.25, 0.3) is 0 Å². The molecule has 1 aliphatic rings. The van der Waals surface area contributed by atoms with Gasteiger partial charge in [-0.3, -0.25) is 4.79 Å². The van der Waals surface area contributed by atoms with E-state index in [1.54, 1.807) is 24.1 Å². The van der Waals surface area contributed by atoms with Gasteiger partial charge >= 0.3 is 0 Å². The lowest BCUT2D eigenvalue weighted by Crippen LogP contribution is -2.29. The maximum atomic E-state index is 14.1. The van der Waals surface area contributed by atoms with Crippen molar-refractivity contribution in [1.29, 1.82) is 5.41 Å². The number of aromatic nitrogens is 1. The highest BCUT2D eigenvalue weighted by Crippen LogP contribution is 2.31. The second kappa shape index (κ2) is 9.36. The number of rotatable bonds is 7. The monoisotopic (exact) mass is 431 g/mol. The van der Waals surface area contributed by atoms with Crippen LogP contribution in [0.4, 0.5) is 4.39 Å². The van der Waals surface area contributed by atoms with E-state index in [1.807, 2.05) is 24.6 Å². The lowest BCUT2D eigenvalue weighted by molar-refractivity contribution is 0.0942. The zero-order chi connectivity index (χ0) is 21.8. The average Bonchev–Trinajstić information content (AvgIpc) is 3.02. The summed E-state index contributed by atoms with van der Waals surface area (Å²) in [5.74, 6) is -0.317. The molecule has 0 saturated heterocycles. The van der Waals surface area contributed by atoms with Gasteiger partial charge in [0.25, 0.3) is 5.91 Å². The predicted molar refractivity (Wildman–Crippen MR) is 116 cm³/mol. The van der Waals surface area contributed by atoms with Crippen molar-refractivity contribution >= 4 is 24.1 Å². The van der Waals surface area contributed by atoms with E-state index in [0.717, 1.165) is 28.4 Å². The Bertz CT molecular complexity index is 1000. The molecule has 1 aromatic heterocycles. The van der Waals surface area contributed by atoms with Gasteiger partial charge in [0.15, 0.2) is 0 Å². The minimum Gasteiger partial charge on any atom is -0.496 e. The maximum Gasteiger partial charge on any atom is 0.268 e. The van der Waals surface area contributed by atoms with Crippen molar-refractivity contribution in [1.82, 2.24) is 14.2 Å². The molecule has 7 nitrogen and oxygen atoms in total. The summed E-state index contributed by atoms with van der Waals surface area (Å²) in [5, 5.41) is 10.3. The first-order valence-electron chi connectivity index (χ1n) is 9.52. The standard InChI is InChI=1S/C21H26FN5O2S/c1-13-20(30-27-8-7-17(24)14(10-23)12-27)9-18(26(13)2)21(28)25-11-15-16(22)5-4-6-19(15)29-3/h4-6,9-10,23H,7-8,11-12,24H2,1-3H3,(H,25,28). The summed E-state index contributed by atoms with van der Waals surface area (Å²) in [6.07, 6.45) is 2.01. The van der Waals surface area contributed by atoms with Crippen LogP contribution in [0, 0.1) is 18.2 Å². The molecule has 2 heterocycles. The molecular weight excluding hydrogens is 405 g/mol. The van der Waals surface area contributed by atoms with Crippen LogP contribution in [0.1, 0.15) is 28.2 Å². The van der Waals surface area contributed by atoms with Crippen molar-refractivity contribution in [2.75, 3.05) is 20.2 Å². The van der Waals surface area contributed by atoms with E-state index in [2.05, 4.69) is 9.62 Å². The summed E-state index contributed by atoms with van der Waals surface area (Å²) in [4.78, 5) is 13.7. The average molecular weight is 432 g/mol. The SMILES string of the molecule is COc1cccc(F)c1CNC(=O)c1cc(SN2CCC(N)=C(C=N)C2)c(C)n1C. The minimum absolute atomic E-state index is 0.0281. The summed E-state index contributed by atoms with van der Waals surface area (Å²) < 4.78 is 23.3. The van der Waals surface area contributed by atoms with Gasteiger partial charge in [0, 0.05) is 66.7 Å². The lowest BCUT2D eigenvalue weighted by Gasteiger charge is -2.26. The molecule has 0 atom stereocenters. The van der Waals surface area contributed by atoms with Gasteiger partial charge < -0.3 is 25.8 Å². The van der Waals surface area contributed by atoms with Gasteiger partial charge in [-0.2, -0.15) is 0 Å². The summed E-state index contributed by atoms with van der Waals surface area (Å²) in [6, 6.07) is 6.40. The molecule has 0 spiro atoms. The zero-order valence-corrected chi connectivity index (χ0v) is 18.1. The van der Waals surface area contributed by atoms with Crippen molar-refractivity contribution in [3.8, 4) is 5.75 Å². The fourth-order valence-electron chi connectivity index (χ4n) is 3.27. The number of amides is 1. The van der Waals surface area contributed by atoms with Crippen molar-refractivity contribution < 1.29 is 13.9 Å². The molecule has 160 valence electrons. The van der Waals surface area contributed by atoms with E-state index < -0.39 is 5.82 Å². The van der Waals surface area contributed by atoms with E-state index in [9.17, 15) is 9.18 Å². The van der Waals surface area contributed by atoms with E-state index in [1.165, 1.54) is 19.4 Å². The van der Waals surface area contributed by atoms with Crippen molar-refractivity contribution in [2.24, 2.45) is 12.8 Å². The number of nitrogens with one attached hydrogen (secondary N) is 2. The molecule has 4 N–H and O–H groups in total. The third-order valence-corrected chi connectivity index (χ3v) is 6.41. The summed E-state index contributed by atoms with van der Waals surface area (Å²) in [6.45, 7) is 3.34. The Morgan fingerprint density at radius 3 is 2.93 bits per heavy atom. The number of halogens is 1. The van der Waals surface area contributed by atoms with Crippen molar-refractivity contribution in [3.05, 3.63) is 58.3 Å². The normalized spacial score (nSPS) is 14.7. The maximum absolute atomic E-state index is 14.1. The fourth-order valence-corrected chi connectivity index (χ4v) is 4.37. The molecule has 1 amide bonds. The second-order valence-electron chi connectivity index (χ2n) is 7.04. The van der Waals surface area contributed by atoms with E-state index >= 15 is 0 Å². The Kier molecular flexibility index (Phi) is 6.84. The Labute approximate surface area is 179 Å². The van der Waals surface area contributed by atoms with Crippen molar-refractivity contribution in [3.63, 3.8) is 0 Å². The Balaban J connectivity index is 1.72. The van der Waals surface area contributed by atoms with Gasteiger partial charge in [0.2, 0.25) is 0 Å². The number of hydrogen-bond donors (Lipinski definition) is 3. The summed E-state index contributed by atoms with van der Waals surface area (Å²) in [5.41, 5.74) is 9.29. The fraction of sp³-hybridized carbons (Fsp3) is 0.333. The number of carbonyl (C=O) groups is 1. The molecule has 0 saturated carbocycles. The molecule has 0 bridgehead atoms. The van der Waals surface area contributed by atoms with Crippen LogP contribution in [0.3, 0.4) is 0 Å². The highest BCUT2D eigenvalue weighted by molar-refractivity contribution is 7.97. The van der Waals surface area contributed by atoms with Gasteiger partial charge in [0.1, 0.15) is 17.3 Å². The molecule has 3 rings (SSSR count). The molecule has 2 aromatic rings. The predicted octanol–water partition coefficient (Wildman–Crippen LogP) is 2.99. The molecule has 1 aromatic carbocycles. The smallest absolute Gasteiger partial charge is 0.268 e. The molecular formula is C21H26FN5O2S. The highest BCUT2D eigenvalue weighted by Gasteiger charge is 2.22. The number of nitrogens with two attached hydrogens (primary N) is 1. The van der Waals surface area contributed by atoms with Crippen LogP contribution < -0.4 is 15.8 Å². The van der Waals surface area contributed by atoms with E-state index in [-0.39, 0.29) is 12.5 Å². The molecule has 0 unspecified atom stereocenters. The van der Waals surface area contributed by atoms with Crippen LogP contribution in [0.15, 0.2) is 40.4 Å². The van der Waals surface area contributed by atoms with Crippen LogP contribution in [-0.4, -0.2) is 41.2 Å². The number of hydrogen-bond acceptors (Lipinski definition) is 6. The largest absolute Gasteiger partial charge is 0.496 e. The van der Waals surface area contributed by atoms with Gasteiger partial charge in [-0.25, -0.2) is 8.70 Å². The third kappa shape index (κ3) is 4.52. The zero-order valence-electron chi connectivity index (χ0n) is 17.3. The minimum atomic E-state index is -0.423. The first-order valence-corrected chi connectivity index (χ1v) is 10.3. The Hall–Kier alpha value is -2.78. The van der Waals surface area contributed by atoms with E-state index in [0.29, 0.717) is 30.0 Å². The van der Waals surface area contributed by atoms with Crippen LogP contribution in [0.5, 0.6) is 5.75 Å². The number of methoxy groups -OCH3 is 1. The van der Waals surface area contributed by atoms with Crippen molar-refractivity contribution in [2.45, 2.75) is 24.8 Å². The molecule has 0 fully saturated rings. The van der Waals surface area contributed by atoms with Gasteiger partial charge in [-0.1, -0.05) is 6.07 Å². The molecule has 1 aliphatic heterocycles. The highest BCUT2D eigenvalue weighted by atomic mass is 32.2. The van der Waals surface area contributed by atoms with Gasteiger partial charge in [-0.15, -0.1) is 0 Å². The first kappa shape index (κ1) is 21.9. The summed E-state index contributed by atoms with van der Waals surface area (Å²) in [7, 11) is 3.30. The quantitative estimate of drug-likeness (QED) is 0.463.